The molecule has 2 rings (SSSR count). The lowest BCUT2D eigenvalue weighted by molar-refractivity contribution is -0.115. The Morgan fingerprint density at radius 3 is 2.78 bits per heavy atom. The third-order valence-electron chi connectivity index (χ3n) is 2.36. The fourth-order valence-electron chi connectivity index (χ4n) is 1.61. The van der Waals surface area contributed by atoms with Gasteiger partial charge in [-0.1, -0.05) is 31.0 Å². The van der Waals surface area contributed by atoms with Crippen LogP contribution in [-0.4, -0.2) is 26.3 Å². The maximum absolute atomic E-state index is 10.8. The lowest BCUT2D eigenvalue weighted by atomic mass is 10.2. The van der Waals surface area contributed by atoms with E-state index in [1.165, 1.54) is 11.8 Å². The van der Waals surface area contributed by atoms with E-state index in [0.717, 1.165) is 11.3 Å². The Morgan fingerprint density at radius 2 is 2.17 bits per heavy atom. The number of rotatable bonds is 5. The highest BCUT2D eigenvalue weighted by Gasteiger charge is 2.11. The van der Waals surface area contributed by atoms with Crippen molar-refractivity contribution in [3.8, 4) is 0 Å². The lowest BCUT2D eigenvalue weighted by Crippen LogP contribution is -2.13. The van der Waals surface area contributed by atoms with E-state index in [2.05, 4.69) is 23.4 Å². The van der Waals surface area contributed by atoms with Crippen molar-refractivity contribution in [1.29, 1.82) is 0 Å². The molecule has 2 heterocycles. The second kappa shape index (κ2) is 5.05. The van der Waals surface area contributed by atoms with Crippen LogP contribution in [0.25, 0.3) is 17.8 Å². The highest BCUT2D eigenvalue weighted by molar-refractivity contribution is 7.99. The summed E-state index contributed by atoms with van der Waals surface area (Å²) in [6.45, 7) is 7.53. The molecule has 0 bridgehead atoms. The van der Waals surface area contributed by atoms with Crippen LogP contribution in [0.2, 0.25) is 0 Å². The number of amides is 1. The van der Waals surface area contributed by atoms with E-state index in [-0.39, 0.29) is 5.75 Å². The van der Waals surface area contributed by atoms with Crippen molar-refractivity contribution in [1.82, 2.24) is 14.6 Å². The van der Waals surface area contributed by atoms with Gasteiger partial charge in [0.05, 0.1) is 11.4 Å². The van der Waals surface area contributed by atoms with Crippen molar-refractivity contribution >= 4 is 35.5 Å². The summed E-state index contributed by atoms with van der Waals surface area (Å²) < 4.78 is 1.83. The van der Waals surface area contributed by atoms with Crippen molar-refractivity contribution in [3.63, 3.8) is 0 Å². The Balaban J connectivity index is 2.57. The van der Waals surface area contributed by atoms with Gasteiger partial charge in [-0.3, -0.25) is 9.20 Å². The molecule has 1 amide bonds. The van der Waals surface area contributed by atoms with Crippen molar-refractivity contribution < 1.29 is 4.79 Å². The first-order valence-electron chi connectivity index (χ1n) is 5.21. The fraction of sp³-hybridized carbons (Fsp3) is 0.0833. The predicted octanol–water partition coefficient (Wildman–Crippen LogP) is 1.59. The monoisotopic (exact) mass is 260 g/mol. The number of nitrogens with zero attached hydrogens (tertiary/aromatic N) is 3. The van der Waals surface area contributed by atoms with Gasteiger partial charge in [0.15, 0.2) is 10.8 Å². The Kier molecular flexibility index (Phi) is 3.47. The molecule has 0 unspecified atom stereocenters. The number of thioether (sulfide) groups is 1. The SMILES string of the molecule is C=Cc1ccc2nnc(SCC(N)=O)n2c1C=C. The van der Waals surface area contributed by atoms with Gasteiger partial charge in [-0.15, -0.1) is 10.2 Å². The third-order valence-corrected chi connectivity index (χ3v) is 3.32. The summed E-state index contributed by atoms with van der Waals surface area (Å²) >= 11 is 1.25. The number of aromatic nitrogens is 3. The highest BCUT2D eigenvalue weighted by Crippen LogP contribution is 2.22. The van der Waals surface area contributed by atoms with Crippen LogP contribution in [0, 0.1) is 0 Å². The summed E-state index contributed by atoms with van der Waals surface area (Å²) in [7, 11) is 0. The summed E-state index contributed by atoms with van der Waals surface area (Å²) in [5.41, 5.74) is 7.60. The molecule has 2 aromatic heterocycles. The summed E-state index contributed by atoms with van der Waals surface area (Å²) in [4.78, 5) is 10.8. The smallest absolute Gasteiger partial charge is 0.227 e. The maximum Gasteiger partial charge on any atom is 0.227 e. The second-order valence-electron chi connectivity index (χ2n) is 3.51. The summed E-state index contributed by atoms with van der Waals surface area (Å²) in [5, 5.41) is 8.69. The molecule has 0 aliphatic carbocycles. The molecule has 92 valence electrons. The van der Waals surface area contributed by atoms with Crippen molar-refractivity contribution in [3.05, 3.63) is 36.5 Å². The Morgan fingerprint density at radius 1 is 1.39 bits per heavy atom. The third kappa shape index (κ3) is 2.14. The van der Waals surface area contributed by atoms with Crippen molar-refractivity contribution in [2.45, 2.75) is 5.16 Å². The number of carbonyl (C=O) groups excluding carboxylic acids is 1. The van der Waals surface area contributed by atoms with Crippen LogP contribution >= 0.6 is 11.8 Å². The highest BCUT2D eigenvalue weighted by atomic mass is 32.2. The fourth-order valence-corrected chi connectivity index (χ4v) is 2.30. The van der Waals surface area contributed by atoms with Crippen LogP contribution in [-0.2, 0) is 4.79 Å². The average molecular weight is 260 g/mol. The molecule has 6 heteroatoms. The molecule has 0 spiro atoms. The van der Waals surface area contributed by atoms with Gasteiger partial charge in [0, 0.05) is 0 Å². The zero-order valence-corrected chi connectivity index (χ0v) is 10.5. The number of nitrogens with two attached hydrogens (primary N) is 1. The maximum atomic E-state index is 10.8. The molecule has 0 radical (unpaired) electrons. The van der Waals surface area contributed by atoms with Crippen LogP contribution in [0.4, 0.5) is 0 Å². The first-order chi connectivity index (χ1) is 8.67. The second-order valence-corrected chi connectivity index (χ2v) is 4.46. The number of primary amides is 1. The molecule has 0 saturated heterocycles. The van der Waals surface area contributed by atoms with Gasteiger partial charge in [-0.2, -0.15) is 0 Å². The standard InChI is InChI=1S/C12H12N4OS/c1-3-8-5-6-11-14-15-12(18-7-10(13)17)16(11)9(8)4-2/h3-6H,1-2,7H2,(H2,13,17). The topological polar surface area (TPSA) is 73.3 Å². The molecule has 0 saturated carbocycles. The molecule has 18 heavy (non-hydrogen) atoms. The molecular weight excluding hydrogens is 248 g/mol. The first kappa shape index (κ1) is 12.4. The van der Waals surface area contributed by atoms with E-state index in [0.29, 0.717) is 10.8 Å². The van der Waals surface area contributed by atoms with Gasteiger partial charge in [-0.05, 0) is 23.8 Å². The van der Waals surface area contributed by atoms with E-state index in [1.54, 1.807) is 12.2 Å². The molecule has 2 aromatic rings. The minimum absolute atomic E-state index is 0.162. The number of hydrogen-bond acceptors (Lipinski definition) is 4. The summed E-state index contributed by atoms with van der Waals surface area (Å²) in [5.74, 6) is -0.229. The van der Waals surface area contributed by atoms with Crippen LogP contribution < -0.4 is 5.73 Å². The minimum atomic E-state index is -0.392. The van der Waals surface area contributed by atoms with Gasteiger partial charge in [-0.25, -0.2) is 0 Å². The summed E-state index contributed by atoms with van der Waals surface area (Å²) in [6.07, 6.45) is 3.45. The average Bonchev–Trinajstić information content (AvgIpc) is 2.78. The Bertz CT molecular complexity index is 632. The van der Waals surface area contributed by atoms with E-state index >= 15 is 0 Å². The zero-order chi connectivity index (χ0) is 13.1. The Labute approximate surface area is 108 Å². The van der Waals surface area contributed by atoms with Crippen LogP contribution in [0.1, 0.15) is 11.3 Å². The quantitative estimate of drug-likeness (QED) is 0.829. The van der Waals surface area contributed by atoms with E-state index in [4.69, 9.17) is 5.73 Å². The van der Waals surface area contributed by atoms with Crippen molar-refractivity contribution in [2.75, 3.05) is 5.75 Å². The largest absolute Gasteiger partial charge is 0.369 e. The van der Waals surface area contributed by atoms with E-state index < -0.39 is 5.91 Å². The zero-order valence-electron chi connectivity index (χ0n) is 9.67. The number of pyridine rings is 1. The van der Waals surface area contributed by atoms with Crippen LogP contribution in [0.5, 0.6) is 0 Å². The van der Waals surface area contributed by atoms with Gasteiger partial charge in [0.2, 0.25) is 5.91 Å². The molecule has 0 aromatic carbocycles. The summed E-state index contributed by atoms with van der Waals surface area (Å²) in [6, 6.07) is 3.74. The van der Waals surface area contributed by atoms with Gasteiger partial charge in [0.25, 0.3) is 0 Å². The lowest BCUT2D eigenvalue weighted by Gasteiger charge is -2.06. The van der Waals surface area contributed by atoms with Crippen LogP contribution in [0.3, 0.4) is 0 Å². The molecule has 0 fully saturated rings. The van der Waals surface area contributed by atoms with E-state index in [1.807, 2.05) is 16.5 Å². The number of fused-ring (bicyclic) bond motifs is 1. The van der Waals surface area contributed by atoms with Crippen LogP contribution in [0.15, 0.2) is 30.4 Å². The van der Waals surface area contributed by atoms with Gasteiger partial charge in [0.1, 0.15) is 0 Å². The van der Waals surface area contributed by atoms with Gasteiger partial charge >= 0.3 is 0 Å². The first-order valence-corrected chi connectivity index (χ1v) is 6.20. The van der Waals surface area contributed by atoms with Gasteiger partial charge < -0.3 is 5.73 Å². The molecule has 5 nitrogen and oxygen atoms in total. The molecular formula is C12H12N4OS. The van der Waals surface area contributed by atoms with E-state index in [9.17, 15) is 4.79 Å². The molecule has 0 atom stereocenters. The normalized spacial score (nSPS) is 10.4. The minimum Gasteiger partial charge on any atom is -0.369 e. The molecule has 0 aliphatic heterocycles. The van der Waals surface area contributed by atoms with Crippen molar-refractivity contribution in [2.24, 2.45) is 5.73 Å². The molecule has 0 aliphatic rings. The number of hydrogen-bond donors (Lipinski definition) is 1. The predicted molar refractivity (Wildman–Crippen MR) is 73.1 cm³/mol. The number of carbonyl (C=O) groups is 1. The molecule has 2 N–H and O–H groups in total. The Hall–Kier alpha value is -2.08.